The minimum atomic E-state index is -0.374. The molecule has 3 unspecified atom stereocenters. The number of thiophene rings is 1. The third kappa shape index (κ3) is 4.37. The Hall–Kier alpha value is -1.40. The van der Waals surface area contributed by atoms with Crippen molar-refractivity contribution < 1.29 is 9.59 Å². The lowest BCUT2D eigenvalue weighted by atomic mass is 9.89. The Labute approximate surface area is 165 Å². The first-order chi connectivity index (χ1) is 13.1. The Morgan fingerprint density at radius 1 is 1.33 bits per heavy atom. The predicted octanol–water partition coefficient (Wildman–Crippen LogP) is 2.84. The Morgan fingerprint density at radius 3 is 2.85 bits per heavy atom. The topological polar surface area (TPSA) is 61.4 Å². The first kappa shape index (κ1) is 18.9. The van der Waals surface area contributed by atoms with Crippen LogP contribution in [0.25, 0.3) is 0 Å². The highest BCUT2D eigenvalue weighted by Gasteiger charge is 2.35. The summed E-state index contributed by atoms with van der Waals surface area (Å²) in [5.74, 6) is 0.609. The van der Waals surface area contributed by atoms with Crippen molar-refractivity contribution in [2.24, 2.45) is 5.92 Å². The standard InChI is InChI=1S/C21H31N3O2S/c1-2-3-18(21(26)24-8-6-19-15(13-24)7-9-27-19)23-20(25)12-14-10-16-4-5-17(11-14)22-16/h7,9,14,16-18,22H,2-6,8,10-13H2,1H3,(H,23,25). The predicted molar refractivity (Wildman–Crippen MR) is 108 cm³/mol. The minimum absolute atomic E-state index is 0.0568. The zero-order chi connectivity index (χ0) is 18.8. The van der Waals surface area contributed by atoms with E-state index in [4.69, 9.17) is 0 Å². The molecule has 0 aromatic carbocycles. The number of nitrogens with zero attached hydrogens (tertiary/aromatic N) is 1. The average Bonchev–Trinajstić information content (AvgIpc) is 3.26. The second-order valence-electron chi connectivity index (χ2n) is 8.47. The van der Waals surface area contributed by atoms with Crippen LogP contribution in [0.1, 0.15) is 62.3 Å². The molecule has 0 aliphatic carbocycles. The monoisotopic (exact) mass is 389 g/mol. The molecule has 2 saturated heterocycles. The Bertz CT molecular complexity index is 677. The molecule has 0 spiro atoms. The molecule has 3 aliphatic rings. The number of amides is 2. The van der Waals surface area contributed by atoms with E-state index in [0.29, 0.717) is 31.0 Å². The summed E-state index contributed by atoms with van der Waals surface area (Å²) in [5, 5.41) is 8.82. The van der Waals surface area contributed by atoms with Gasteiger partial charge in [0.05, 0.1) is 0 Å². The molecule has 5 nitrogen and oxygen atoms in total. The lowest BCUT2D eigenvalue weighted by molar-refractivity contribution is -0.137. The number of hydrogen-bond donors (Lipinski definition) is 2. The van der Waals surface area contributed by atoms with Crippen molar-refractivity contribution >= 4 is 23.2 Å². The molecule has 4 rings (SSSR count). The molecule has 0 saturated carbocycles. The van der Waals surface area contributed by atoms with Gasteiger partial charge in [-0.1, -0.05) is 13.3 Å². The van der Waals surface area contributed by atoms with E-state index in [-0.39, 0.29) is 17.9 Å². The van der Waals surface area contributed by atoms with E-state index in [0.717, 1.165) is 38.6 Å². The zero-order valence-electron chi connectivity index (χ0n) is 16.2. The Morgan fingerprint density at radius 2 is 2.11 bits per heavy atom. The average molecular weight is 390 g/mol. The van der Waals surface area contributed by atoms with Gasteiger partial charge in [0, 0.05) is 36.5 Å². The van der Waals surface area contributed by atoms with Crippen molar-refractivity contribution in [2.75, 3.05) is 6.54 Å². The summed E-state index contributed by atoms with van der Waals surface area (Å²) in [6, 6.07) is 2.95. The van der Waals surface area contributed by atoms with Crippen LogP contribution in [0.3, 0.4) is 0 Å². The van der Waals surface area contributed by atoms with E-state index in [1.54, 1.807) is 11.3 Å². The highest BCUT2D eigenvalue weighted by Crippen LogP contribution is 2.32. The minimum Gasteiger partial charge on any atom is -0.344 e. The summed E-state index contributed by atoms with van der Waals surface area (Å²) in [4.78, 5) is 29.1. The van der Waals surface area contributed by atoms with E-state index in [1.807, 2.05) is 4.90 Å². The summed E-state index contributed by atoms with van der Waals surface area (Å²) in [5.41, 5.74) is 1.27. The first-order valence-corrected chi connectivity index (χ1v) is 11.4. The fraction of sp³-hybridized carbons (Fsp3) is 0.714. The van der Waals surface area contributed by atoms with Crippen LogP contribution in [0.4, 0.5) is 0 Å². The van der Waals surface area contributed by atoms with Crippen molar-refractivity contribution in [3.05, 3.63) is 21.9 Å². The largest absolute Gasteiger partial charge is 0.344 e. The molecular formula is C21H31N3O2S. The molecule has 2 N–H and O–H groups in total. The lowest BCUT2D eigenvalue weighted by Gasteiger charge is -2.32. The highest BCUT2D eigenvalue weighted by molar-refractivity contribution is 7.10. The first-order valence-electron chi connectivity index (χ1n) is 10.5. The molecule has 1 aromatic heterocycles. The van der Waals surface area contributed by atoms with Gasteiger partial charge < -0.3 is 15.5 Å². The number of nitrogens with one attached hydrogen (secondary N) is 2. The summed E-state index contributed by atoms with van der Waals surface area (Å²) in [6.45, 7) is 3.52. The summed E-state index contributed by atoms with van der Waals surface area (Å²) in [7, 11) is 0. The zero-order valence-corrected chi connectivity index (χ0v) is 17.0. The van der Waals surface area contributed by atoms with Gasteiger partial charge in [0.2, 0.25) is 11.8 Å². The van der Waals surface area contributed by atoms with Crippen LogP contribution < -0.4 is 10.6 Å². The smallest absolute Gasteiger partial charge is 0.245 e. The molecule has 2 fully saturated rings. The third-order valence-corrected chi connectivity index (χ3v) is 7.40. The van der Waals surface area contributed by atoms with E-state index in [9.17, 15) is 9.59 Å². The molecule has 2 amide bonds. The maximum absolute atomic E-state index is 13.1. The Kier molecular flexibility index (Phi) is 5.83. The summed E-state index contributed by atoms with van der Waals surface area (Å²) < 4.78 is 0. The van der Waals surface area contributed by atoms with Crippen molar-refractivity contribution in [2.45, 2.75) is 83.0 Å². The second kappa shape index (κ2) is 8.31. The molecule has 148 valence electrons. The van der Waals surface area contributed by atoms with Crippen molar-refractivity contribution in [1.82, 2.24) is 15.5 Å². The van der Waals surface area contributed by atoms with Gasteiger partial charge in [0.1, 0.15) is 6.04 Å². The van der Waals surface area contributed by atoms with E-state index >= 15 is 0 Å². The van der Waals surface area contributed by atoms with E-state index < -0.39 is 0 Å². The van der Waals surface area contributed by atoms with Gasteiger partial charge >= 0.3 is 0 Å². The maximum Gasteiger partial charge on any atom is 0.245 e. The van der Waals surface area contributed by atoms with E-state index in [2.05, 4.69) is 29.0 Å². The number of piperidine rings is 1. The lowest BCUT2D eigenvalue weighted by Crippen LogP contribution is -2.50. The molecule has 4 heterocycles. The summed E-state index contributed by atoms with van der Waals surface area (Å²) in [6.07, 6.45) is 7.81. The fourth-order valence-corrected chi connectivity index (χ4v) is 5.95. The van der Waals surface area contributed by atoms with E-state index in [1.165, 1.54) is 23.3 Å². The van der Waals surface area contributed by atoms with Gasteiger partial charge in [-0.25, -0.2) is 0 Å². The molecule has 3 atom stereocenters. The van der Waals surface area contributed by atoms with Gasteiger partial charge in [0.25, 0.3) is 0 Å². The van der Waals surface area contributed by atoms with Gasteiger partial charge in [0.15, 0.2) is 0 Å². The van der Waals surface area contributed by atoms with Crippen molar-refractivity contribution in [3.63, 3.8) is 0 Å². The van der Waals surface area contributed by atoms with Crippen LogP contribution in [-0.2, 0) is 22.6 Å². The highest BCUT2D eigenvalue weighted by atomic mass is 32.1. The Balaban J connectivity index is 1.33. The summed E-state index contributed by atoms with van der Waals surface area (Å²) >= 11 is 1.78. The number of carbonyl (C=O) groups excluding carboxylic acids is 2. The van der Waals surface area contributed by atoms with Gasteiger partial charge in [-0.15, -0.1) is 11.3 Å². The quantitative estimate of drug-likeness (QED) is 0.786. The molecule has 6 heteroatoms. The van der Waals surface area contributed by atoms with Gasteiger partial charge in [-0.05, 0) is 61.5 Å². The molecule has 0 radical (unpaired) electrons. The van der Waals surface area contributed by atoms with Crippen LogP contribution in [0, 0.1) is 5.92 Å². The number of carbonyl (C=O) groups is 2. The molecular weight excluding hydrogens is 358 g/mol. The normalized spacial score (nSPS) is 27.9. The number of fused-ring (bicyclic) bond motifs is 3. The fourth-order valence-electron chi connectivity index (χ4n) is 5.06. The van der Waals surface area contributed by atoms with Crippen LogP contribution >= 0.6 is 11.3 Å². The van der Waals surface area contributed by atoms with Crippen LogP contribution in [0.15, 0.2) is 11.4 Å². The van der Waals surface area contributed by atoms with Crippen LogP contribution in [0.2, 0.25) is 0 Å². The third-order valence-electron chi connectivity index (χ3n) is 6.37. The van der Waals surface area contributed by atoms with Gasteiger partial charge in [-0.2, -0.15) is 0 Å². The van der Waals surface area contributed by atoms with Crippen LogP contribution in [-0.4, -0.2) is 41.4 Å². The van der Waals surface area contributed by atoms with Crippen molar-refractivity contribution in [3.8, 4) is 0 Å². The maximum atomic E-state index is 13.1. The van der Waals surface area contributed by atoms with Crippen LogP contribution in [0.5, 0.6) is 0 Å². The molecule has 2 bridgehead atoms. The second-order valence-corrected chi connectivity index (χ2v) is 9.47. The number of rotatable bonds is 6. The molecule has 27 heavy (non-hydrogen) atoms. The molecule has 3 aliphatic heterocycles. The number of hydrogen-bond acceptors (Lipinski definition) is 4. The molecule has 1 aromatic rings. The van der Waals surface area contributed by atoms with Crippen molar-refractivity contribution in [1.29, 1.82) is 0 Å². The van der Waals surface area contributed by atoms with Gasteiger partial charge in [-0.3, -0.25) is 9.59 Å². The SMILES string of the molecule is CCCC(NC(=O)CC1CC2CCC(C1)N2)C(=O)N1CCc2sccc2C1.